The SMILES string of the molecule is CCc1cc(=O)oc2cc(OC(=O)[C@@H]3CCCN3C(=O)OCc3ccccc3)c(Cl)cc12. The van der Waals surface area contributed by atoms with E-state index in [4.69, 9.17) is 25.5 Å². The van der Waals surface area contributed by atoms with Crippen molar-refractivity contribution in [2.24, 2.45) is 0 Å². The highest BCUT2D eigenvalue weighted by Gasteiger charge is 2.37. The van der Waals surface area contributed by atoms with E-state index >= 15 is 0 Å². The van der Waals surface area contributed by atoms with Crippen LogP contribution >= 0.6 is 11.6 Å². The van der Waals surface area contributed by atoms with Crippen LogP contribution in [0.1, 0.15) is 30.9 Å². The first-order chi connectivity index (χ1) is 15.5. The third-order valence-corrected chi connectivity index (χ3v) is 5.73. The number of halogens is 1. The number of fused-ring (bicyclic) bond motifs is 1. The van der Waals surface area contributed by atoms with Crippen LogP contribution in [0.25, 0.3) is 11.0 Å². The summed E-state index contributed by atoms with van der Waals surface area (Å²) in [6.07, 6.45) is 1.16. The molecule has 0 aliphatic carbocycles. The topological polar surface area (TPSA) is 86.0 Å². The van der Waals surface area contributed by atoms with E-state index in [9.17, 15) is 14.4 Å². The summed E-state index contributed by atoms with van der Waals surface area (Å²) in [5.41, 5.74) is 1.44. The van der Waals surface area contributed by atoms with Gasteiger partial charge in [0, 0.05) is 24.1 Å². The standard InChI is InChI=1S/C24H22ClNO6/c1-2-16-11-22(27)31-20-13-21(18(25)12-17(16)20)32-23(28)19-9-6-10-26(19)24(29)30-14-15-7-4-3-5-8-15/h3-5,7-8,11-13,19H,2,6,9-10,14H2,1H3/t19-/m0/s1. The van der Waals surface area contributed by atoms with Gasteiger partial charge in [-0.05, 0) is 36.5 Å². The summed E-state index contributed by atoms with van der Waals surface area (Å²) in [7, 11) is 0. The van der Waals surface area contributed by atoms with E-state index in [0.29, 0.717) is 31.2 Å². The molecule has 8 heteroatoms. The molecule has 0 saturated carbocycles. The zero-order valence-corrected chi connectivity index (χ0v) is 18.3. The van der Waals surface area contributed by atoms with E-state index in [1.165, 1.54) is 17.0 Å². The number of carbonyl (C=O) groups excluding carboxylic acids is 2. The van der Waals surface area contributed by atoms with Gasteiger partial charge in [-0.25, -0.2) is 14.4 Å². The maximum absolute atomic E-state index is 12.9. The molecule has 3 aromatic rings. The Morgan fingerprint density at radius 2 is 1.97 bits per heavy atom. The highest BCUT2D eigenvalue weighted by molar-refractivity contribution is 6.33. The number of amides is 1. The van der Waals surface area contributed by atoms with Crippen molar-refractivity contribution < 1.29 is 23.5 Å². The Labute approximate surface area is 189 Å². The zero-order chi connectivity index (χ0) is 22.7. The van der Waals surface area contributed by atoms with E-state index in [0.717, 1.165) is 11.1 Å². The van der Waals surface area contributed by atoms with Gasteiger partial charge >= 0.3 is 17.7 Å². The van der Waals surface area contributed by atoms with Crippen molar-refractivity contribution in [3.05, 3.63) is 75.1 Å². The van der Waals surface area contributed by atoms with E-state index in [1.54, 1.807) is 6.07 Å². The summed E-state index contributed by atoms with van der Waals surface area (Å²) in [5.74, 6) is -0.542. The normalized spacial score (nSPS) is 15.7. The first-order valence-electron chi connectivity index (χ1n) is 10.4. The van der Waals surface area contributed by atoms with Gasteiger partial charge in [-0.2, -0.15) is 0 Å². The Morgan fingerprint density at radius 1 is 1.19 bits per heavy atom. The Balaban J connectivity index is 1.49. The molecular formula is C24H22ClNO6. The molecule has 0 N–H and O–H groups in total. The second-order valence-corrected chi connectivity index (χ2v) is 7.94. The molecule has 1 saturated heterocycles. The van der Waals surface area contributed by atoms with Crippen LogP contribution in [0.5, 0.6) is 5.75 Å². The van der Waals surface area contributed by atoms with Crippen LogP contribution in [-0.2, 0) is 22.6 Å². The molecule has 32 heavy (non-hydrogen) atoms. The number of carbonyl (C=O) groups is 2. The van der Waals surface area contributed by atoms with Gasteiger partial charge in [-0.3, -0.25) is 4.90 Å². The quantitative estimate of drug-likeness (QED) is 0.314. The van der Waals surface area contributed by atoms with Gasteiger partial charge in [0.05, 0.1) is 5.02 Å². The fourth-order valence-corrected chi connectivity index (χ4v) is 4.01. The van der Waals surface area contributed by atoms with Crippen LogP contribution < -0.4 is 10.4 Å². The molecule has 0 unspecified atom stereocenters. The highest BCUT2D eigenvalue weighted by Crippen LogP contribution is 2.32. The molecular weight excluding hydrogens is 434 g/mol. The Kier molecular flexibility index (Phi) is 6.46. The molecule has 166 valence electrons. The number of nitrogens with zero attached hydrogens (tertiary/aromatic N) is 1. The monoisotopic (exact) mass is 455 g/mol. The summed E-state index contributed by atoms with van der Waals surface area (Å²) in [5, 5.41) is 0.898. The lowest BCUT2D eigenvalue weighted by Crippen LogP contribution is -2.42. The average molecular weight is 456 g/mol. The Hall–Kier alpha value is -3.32. The van der Waals surface area contributed by atoms with Crippen LogP contribution in [0.3, 0.4) is 0 Å². The molecule has 4 rings (SSSR count). The second kappa shape index (κ2) is 9.44. The molecule has 2 aromatic carbocycles. The number of hydrogen-bond acceptors (Lipinski definition) is 6. The summed E-state index contributed by atoms with van der Waals surface area (Å²) < 4.78 is 16.1. The molecule has 1 fully saturated rings. The maximum atomic E-state index is 12.9. The van der Waals surface area contributed by atoms with E-state index < -0.39 is 23.7 Å². The van der Waals surface area contributed by atoms with Crippen molar-refractivity contribution in [2.45, 2.75) is 38.8 Å². The molecule has 1 aromatic heterocycles. The average Bonchev–Trinajstić information content (AvgIpc) is 3.29. The molecule has 1 aliphatic heterocycles. The van der Waals surface area contributed by atoms with Crippen LogP contribution in [-0.4, -0.2) is 29.5 Å². The third-order valence-electron chi connectivity index (χ3n) is 5.44. The van der Waals surface area contributed by atoms with Gasteiger partial charge in [0.25, 0.3) is 0 Å². The van der Waals surface area contributed by atoms with Crippen LogP contribution in [0.4, 0.5) is 4.79 Å². The summed E-state index contributed by atoms with van der Waals surface area (Å²) in [4.78, 5) is 38.6. The molecule has 1 amide bonds. The summed E-state index contributed by atoms with van der Waals surface area (Å²) in [6, 6.07) is 13.0. The van der Waals surface area contributed by atoms with Gasteiger partial charge in [-0.15, -0.1) is 0 Å². The van der Waals surface area contributed by atoms with E-state index in [2.05, 4.69) is 0 Å². The van der Waals surface area contributed by atoms with Crippen molar-refractivity contribution in [3.63, 3.8) is 0 Å². The minimum absolute atomic E-state index is 0.0741. The highest BCUT2D eigenvalue weighted by atomic mass is 35.5. The second-order valence-electron chi connectivity index (χ2n) is 7.54. The van der Waals surface area contributed by atoms with Gasteiger partial charge < -0.3 is 13.9 Å². The van der Waals surface area contributed by atoms with E-state index in [1.807, 2.05) is 37.3 Å². The minimum atomic E-state index is -0.779. The van der Waals surface area contributed by atoms with Crippen LogP contribution in [0.2, 0.25) is 5.02 Å². The smallest absolute Gasteiger partial charge is 0.410 e. The molecule has 0 bridgehead atoms. The number of rotatable bonds is 5. The largest absolute Gasteiger partial charge is 0.445 e. The lowest BCUT2D eigenvalue weighted by molar-refractivity contribution is -0.139. The lowest BCUT2D eigenvalue weighted by atomic mass is 10.1. The van der Waals surface area contributed by atoms with Crippen LogP contribution in [0.15, 0.2) is 57.7 Å². The van der Waals surface area contributed by atoms with Gasteiger partial charge in [0.15, 0.2) is 5.75 Å². The van der Waals surface area contributed by atoms with Gasteiger partial charge in [0.2, 0.25) is 0 Å². The Morgan fingerprint density at radius 3 is 2.72 bits per heavy atom. The predicted octanol–water partition coefficient (Wildman–Crippen LogP) is 4.72. The fourth-order valence-electron chi connectivity index (χ4n) is 3.81. The number of aryl methyl sites for hydroxylation is 1. The molecule has 0 spiro atoms. The number of hydrogen-bond donors (Lipinski definition) is 0. The summed E-state index contributed by atoms with van der Waals surface area (Å²) in [6.45, 7) is 2.43. The molecule has 1 atom stereocenters. The first kappa shape index (κ1) is 21.9. The number of benzene rings is 2. The number of ether oxygens (including phenoxy) is 2. The van der Waals surface area contributed by atoms with Crippen LogP contribution in [0, 0.1) is 0 Å². The van der Waals surface area contributed by atoms with Crippen molar-refractivity contribution in [1.29, 1.82) is 0 Å². The zero-order valence-electron chi connectivity index (χ0n) is 17.5. The third kappa shape index (κ3) is 4.62. The predicted molar refractivity (Wildman–Crippen MR) is 119 cm³/mol. The fraction of sp³-hybridized carbons (Fsp3) is 0.292. The van der Waals surface area contributed by atoms with Crippen molar-refractivity contribution in [3.8, 4) is 5.75 Å². The molecule has 7 nitrogen and oxygen atoms in total. The molecule has 1 aliphatic rings. The summed E-state index contributed by atoms with van der Waals surface area (Å²) >= 11 is 6.34. The Bertz CT molecular complexity index is 1210. The molecule has 2 heterocycles. The minimum Gasteiger partial charge on any atom is -0.445 e. The number of likely N-dealkylation sites (tertiary alicyclic amines) is 1. The van der Waals surface area contributed by atoms with E-state index in [-0.39, 0.29) is 23.0 Å². The first-order valence-corrected chi connectivity index (χ1v) is 10.8. The maximum Gasteiger partial charge on any atom is 0.410 e. The van der Waals surface area contributed by atoms with Crippen molar-refractivity contribution in [2.75, 3.05) is 6.54 Å². The van der Waals surface area contributed by atoms with Crippen molar-refractivity contribution >= 4 is 34.6 Å². The molecule has 0 radical (unpaired) electrons. The van der Waals surface area contributed by atoms with Gasteiger partial charge in [0.1, 0.15) is 18.2 Å². The van der Waals surface area contributed by atoms with Gasteiger partial charge in [-0.1, -0.05) is 48.9 Å². The van der Waals surface area contributed by atoms with Crippen molar-refractivity contribution in [1.82, 2.24) is 4.90 Å². The lowest BCUT2D eigenvalue weighted by Gasteiger charge is -2.22. The number of esters is 1.